The zero-order valence-electron chi connectivity index (χ0n) is 24.5. The zero-order chi connectivity index (χ0) is 31.3. The average Bonchev–Trinajstić information content (AvgIpc) is 3.62. The van der Waals surface area contributed by atoms with Crippen LogP contribution in [0.2, 0.25) is 0 Å². The number of likely N-dealkylation sites (tertiary alicyclic amines) is 1. The Balaban J connectivity index is 1.46. The highest BCUT2D eigenvalue weighted by atomic mass is 32.2. The fourth-order valence-electron chi connectivity index (χ4n) is 6.01. The minimum Gasteiger partial charge on any atom is -0.455 e. The lowest BCUT2D eigenvalue weighted by Gasteiger charge is -2.34. The van der Waals surface area contributed by atoms with Crippen molar-refractivity contribution in [1.29, 1.82) is 0 Å². The van der Waals surface area contributed by atoms with Crippen LogP contribution in [0, 0.1) is 11.6 Å². The average molecular weight is 620 g/mol. The number of ketones is 1. The third kappa shape index (κ3) is 5.25. The van der Waals surface area contributed by atoms with E-state index in [1.54, 1.807) is 42.2 Å². The number of amides is 1. The van der Waals surface area contributed by atoms with Gasteiger partial charge < -0.3 is 14.3 Å². The van der Waals surface area contributed by atoms with Crippen LogP contribution < -0.4 is 4.31 Å². The highest BCUT2D eigenvalue weighted by Gasteiger charge is 2.32. The van der Waals surface area contributed by atoms with Gasteiger partial charge in [-0.25, -0.2) is 17.2 Å². The Kier molecular flexibility index (Phi) is 7.53. The van der Waals surface area contributed by atoms with Crippen LogP contribution >= 0.6 is 0 Å². The van der Waals surface area contributed by atoms with E-state index in [4.69, 9.17) is 4.42 Å². The van der Waals surface area contributed by atoms with Crippen LogP contribution in [0.5, 0.6) is 0 Å². The van der Waals surface area contributed by atoms with Crippen LogP contribution in [-0.4, -0.2) is 56.4 Å². The van der Waals surface area contributed by atoms with Gasteiger partial charge in [-0.05, 0) is 60.9 Å². The number of carbonyl (C=O) groups is 2. The van der Waals surface area contributed by atoms with Crippen molar-refractivity contribution >= 4 is 49.3 Å². The van der Waals surface area contributed by atoms with Crippen LogP contribution in [0.15, 0.2) is 65.1 Å². The molecule has 0 spiro atoms. The summed E-state index contributed by atoms with van der Waals surface area (Å²) in [6, 6.07) is 15.3. The number of hydrogen-bond acceptors (Lipinski definition) is 5. The first kappa shape index (κ1) is 29.6. The van der Waals surface area contributed by atoms with Gasteiger partial charge in [0.1, 0.15) is 28.7 Å². The standard InChI is InChI=1S/C33H31F2N3O5S/c1-4-28(39)30-24-16-23(21-8-6-14-38(18-21)33(40)26-15-20-7-5-9-25(35)31(20)36-26)27(37(2)44(3,41)42)17-29(24)43-32(30)19-10-12-22(34)13-11-19/h5,7,9-13,15-17,21,36H,4,6,8,14,18H2,1-3H3/t21-/m0/s1. The lowest BCUT2D eigenvalue weighted by atomic mass is 9.87. The number of nitrogens with zero attached hydrogens (tertiary/aromatic N) is 2. The molecule has 1 saturated heterocycles. The molecule has 5 aromatic rings. The summed E-state index contributed by atoms with van der Waals surface area (Å²) in [7, 11) is -2.25. The predicted molar refractivity (Wildman–Crippen MR) is 166 cm³/mol. The van der Waals surface area contributed by atoms with Crippen LogP contribution in [-0.2, 0) is 10.0 Å². The number of piperidine rings is 1. The maximum absolute atomic E-state index is 14.3. The molecule has 6 rings (SSSR count). The molecule has 1 atom stereocenters. The molecule has 1 N–H and O–H groups in total. The summed E-state index contributed by atoms with van der Waals surface area (Å²) in [6.07, 6.45) is 2.61. The SMILES string of the molecule is CCC(=O)c1c(-c2ccc(F)cc2)oc2cc(N(C)S(C)(=O)=O)c([C@H]3CCCN(C(=O)c4cc5cccc(F)c5[nH]4)C3)cc12. The molecule has 2 aromatic heterocycles. The van der Waals surface area contributed by atoms with Gasteiger partial charge in [-0.1, -0.05) is 19.1 Å². The summed E-state index contributed by atoms with van der Waals surface area (Å²) in [5.41, 5.74) is 2.74. The maximum Gasteiger partial charge on any atom is 0.270 e. The number of Topliss-reactive ketones (excluding diaryl/α,β-unsaturated/α-hetero) is 1. The minimum absolute atomic E-state index is 0.176. The first-order valence-corrected chi connectivity index (χ1v) is 16.2. The molecule has 1 fully saturated rings. The van der Waals surface area contributed by atoms with E-state index < -0.39 is 21.7 Å². The van der Waals surface area contributed by atoms with Gasteiger partial charge in [0.25, 0.3) is 5.91 Å². The Morgan fingerprint density at radius 3 is 2.52 bits per heavy atom. The van der Waals surface area contributed by atoms with Crippen molar-refractivity contribution in [2.45, 2.75) is 32.1 Å². The highest BCUT2D eigenvalue weighted by molar-refractivity contribution is 7.92. The number of aromatic amines is 1. The van der Waals surface area contributed by atoms with E-state index >= 15 is 0 Å². The number of furan rings is 1. The van der Waals surface area contributed by atoms with E-state index in [0.717, 1.165) is 6.26 Å². The van der Waals surface area contributed by atoms with E-state index in [1.807, 2.05) is 0 Å². The number of benzene rings is 3. The van der Waals surface area contributed by atoms with Crippen molar-refractivity contribution in [1.82, 2.24) is 9.88 Å². The van der Waals surface area contributed by atoms with Crippen molar-refractivity contribution in [2.75, 3.05) is 30.7 Å². The highest BCUT2D eigenvalue weighted by Crippen LogP contribution is 2.42. The van der Waals surface area contributed by atoms with Gasteiger partial charge in [-0.3, -0.25) is 13.9 Å². The smallest absolute Gasteiger partial charge is 0.270 e. The first-order chi connectivity index (χ1) is 21.0. The molecule has 1 aliphatic rings. The number of para-hydroxylation sites is 1. The molecule has 0 saturated carbocycles. The van der Waals surface area contributed by atoms with Gasteiger partial charge in [0.2, 0.25) is 10.0 Å². The van der Waals surface area contributed by atoms with E-state index in [1.165, 1.54) is 41.7 Å². The second kappa shape index (κ2) is 11.2. The molecule has 0 aliphatic carbocycles. The van der Waals surface area contributed by atoms with Crippen molar-refractivity contribution in [3.8, 4) is 11.3 Å². The number of nitrogens with one attached hydrogen (secondary N) is 1. The van der Waals surface area contributed by atoms with E-state index in [0.29, 0.717) is 58.1 Å². The maximum atomic E-state index is 14.3. The fraction of sp³-hybridized carbons (Fsp3) is 0.273. The van der Waals surface area contributed by atoms with E-state index in [2.05, 4.69) is 4.98 Å². The Morgan fingerprint density at radius 1 is 1.09 bits per heavy atom. The molecular weight excluding hydrogens is 588 g/mol. The molecule has 44 heavy (non-hydrogen) atoms. The summed E-state index contributed by atoms with van der Waals surface area (Å²) >= 11 is 0. The molecule has 3 aromatic carbocycles. The molecule has 0 radical (unpaired) electrons. The second-order valence-electron chi connectivity index (χ2n) is 11.2. The van der Waals surface area contributed by atoms with Gasteiger partial charge in [-0.15, -0.1) is 0 Å². The molecule has 1 amide bonds. The molecule has 8 nitrogen and oxygen atoms in total. The van der Waals surface area contributed by atoms with Crippen LogP contribution in [0.1, 0.15) is 58.5 Å². The second-order valence-corrected chi connectivity index (χ2v) is 13.2. The normalized spacial score (nSPS) is 15.7. The number of aromatic nitrogens is 1. The Bertz CT molecular complexity index is 2030. The minimum atomic E-state index is -3.70. The quantitative estimate of drug-likeness (QED) is 0.200. The summed E-state index contributed by atoms with van der Waals surface area (Å²) in [5, 5.41) is 1.11. The first-order valence-electron chi connectivity index (χ1n) is 14.4. The van der Waals surface area contributed by atoms with Gasteiger partial charge in [-0.2, -0.15) is 0 Å². The van der Waals surface area contributed by atoms with E-state index in [9.17, 15) is 26.8 Å². The van der Waals surface area contributed by atoms with Gasteiger partial charge in [0.15, 0.2) is 5.78 Å². The fourth-order valence-corrected chi connectivity index (χ4v) is 6.52. The van der Waals surface area contributed by atoms with Crippen molar-refractivity contribution < 1.29 is 31.2 Å². The zero-order valence-corrected chi connectivity index (χ0v) is 25.3. The Hall–Kier alpha value is -4.51. The molecule has 0 bridgehead atoms. The van der Waals surface area contributed by atoms with Crippen molar-refractivity contribution in [3.63, 3.8) is 0 Å². The van der Waals surface area contributed by atoms with Gasteiger partial charge >= 0.3 is 0 Å². The largest absolute Gasteiger partial charge is 0.455 e. The molecule has 11 heteroatoms. The number of anilines is 1. The summed E-state index contributed by atoms with van der Waals surface area (Å²) in [4.78, 5) is 31.5. The lowest BCUT2D eigenvalue weighted by Crippen LogP contribution is -2.39. The predicted octanol–water partition coefficient (Wildman–Crippen LogP) is 6.87. The number of fused-ring (bicyclic) bond motifs is 2. The monoisotopic (exact) mass is 619 g/mol. The molecule has 3 heterocycles. The Labute approximate surface area is 253 Å². The van der Waals surface area contributed by atoms with Gasteiger partial charge in [0, 0.05) is 54.9 Å². The summed E-state index contributed by atoms with van der Waals surface area (Å²) < 4.78 is 60.9. The van der Waals surface area contributed by atoms with Crippen molar-refractivity contribution in [3.05, 3.63) is 89.1 Å². The van der Waals surface area contributed by atoms with E-state index in [-0.39, 0.29) is 47.5 Å². The molecular formula is C33H31F2N3O5S. The number of halogens is 2. The summed E-state index contributed by atoms with van der Waals surface area (Å²) in [6.45, 7) is 2.50. The lowest BCUT2D eigenvalue weighted by molar-refractivity contribution is 0.0702. The third-order valence-corrected chi connectivity index (χ3v) is 9.56. The number of carbonyl (C=O) groups excluding carboxylic acids is 2. The third-order valence-electron chi connectivity index (χ3n) is 8.36. The van der Waals surface area contributed by atoms with Crippen LogP contribution in [0.25, 0.3) is 33.2 Å². The number of rotatable bonds is 7. The van der Waals surface area contributed by atoms with Gasteiger partial charge in [0.05, 0.1) is 23.0 Å². The van der Waals surface area contributed by atoms with Crippen LogP contribution in [0.3, 0.4) is 0 Å². The topological polar surface area (TPSA) is 104 Å². The van der Waals surface area contributed by atoms with Crippen LogP contribution in [0.4, 0.5) is 14.5 Å². The molecule has 0 unspecified atom stereocenters. The number of H-pyrrole nitrogens is 1. The number of hydrogen-bond donors (Lipinski definition) is 1. The molecule has 1 aliphatic heterocycles. The summed E-state index contributed by atoms with van der Waals surface area (Å²) in [5.74, 6) is -1.33. The number of sulfonamides is 1. The Morgan fingerprint density at radius 2 is 1.84 bits per heavy atom. The molecule has 228 valence electrons. The van der Waals surface area contributed by atoms with Crippen molar-refractivity contribution in [2.24, 2.45) is 0 Å².